The van der Waals surface area contributed by atoms with Gasteiger partial charge in [-0.2, -0.15) is 0 Å². The Morgan fingerprint density at radius 3 is 2.65 bits per heavy atom. The predicted molar refractivity (Wildman–Crippen MR) is 132 cm³/mol. The fraction of sp³-hybridized carbons (Fsp3) is 0.500. The number of amides is 1. The third-order valence-electron chi connectivity index (χ3n) is 8.13. The summed E-state index contributed by atoms with van der Waals surface area (Å²) in [6, 6.07) is 14.1. The van der Waals surface area contributed by atoms with Crippen LogP contribution in [-0.4, -0.2) is 53.8 Å². The Morgan fingerprint density at radius 1 is 1.12 bits per heavy atom. The second-order valence-electron chi connectivity index (χ2n) is 10.2. The van der Waals surface area contributed by atoms with Crippen LogP contribution in [0.1, 0.15) is 78.0 Å². The lowest BCUT2D eigenvalue weighted by Gasteiger charge is -2.44. The quantitative estimate of drug-likeness (QED) is 0.382. The van der Waals surface area contributed by atoms with Crippen LogP contribution in [0.5, 0.6) is 0 Å². The second kappa shape index (κ2) is 10.7. The third-order valence-corrected chi connectivity index (χ3v) is 8.37. The molecule has 2 heterocycles. The van der Waals surface area contributed by atoms with Gasteiger partial charge in [0.05, 0.1) is 25.6 Å². The number of likely N-dealkylation sites (tertiary alicyclic amines) is 1. The van der Waals surface area contributed by atoms with E-state index in [0.717, 1.165) is 29.6 Å². The number of benzene rings is 2. The topological polar surface area (TPSA) is 37.4 Å². The second-order valence-corrected chi connectivity index (χ2v) is 10.6. The molecule has 3 aliphatic rings. The summed E-state index contributed by atoms with van der Waals surface area (Å²) < 4.78 is 1.11. The molecule has 0 bridgehead atoms. The van der Waals surface area contributed by atoms with Crippen molar-refractivity contribution in [2.45, 2.75) is 57.4 Å². The molecule has 0 radical (unpaired) electrons. The van der Waals surface area contributed by atoms with Gasteiger partial charge in [-0.3, -0.25) is 9.59 Å². The van der Waals surface area contributed by atoms with Crippen LogP contribution < -0.4 is 24.0 Å². The first kappa shape index (κ1) is 25.6. The SMILES string of the molecule is CCCC[N+]1(CC2c3ccccc3CCN2C(=O)C2CC(=O)c3ccc(Cl)cc32)CCCC1.[I-]. The number of hydrogen-bond acceptors (Lipinski definition) is 2. The minimum absolute atomic E-state index is 0. The highest BCUT2D eigenvalue weighted by Crippen LogP contribution is 2.40. The molecule has 34 heavy (non-hydrogen) atoms. The minimum Gasteiger partial charge on any atom is -1.00 e. The smallest absolute Gasteiger partial charge is 0.231 e. The molecule has 1 saturated heterocycles. The van der Waals surface area contributed by atoms with Gasteiger partial charge in [0.2, 0.25) is 5.91 Å². The number of fused-ring (bicyclic) bond motifs is 2. The molecule has 2 atom stereocenters. The van der Waals surface area contributed by atoms with Gasteiger partial charge in [-0.25, -0.2) is 0 Å². The predicted octanol–water partition coefficient (Wildman–Crippen LogP) is 2.55. The lowest BCUT2D eigenvalue weighted by molar-refractivity contribution is -0.919. The fourth-order valence-electron chi connectivity index (χ4n) is 6.38. The van der Waals surface area contributed by atoms with E-state index in [0.29, 0.717) is 10.6 Å². The van der Waals surface area contributed by atoms with Crippen molar-refractivity contribution < 1.29 is 38.0 Å². The number of halogens is 2. The molecule has 6 heteroatoms. The first-order valence-electron chi connectivity index (χ1n) is 12.6. The summed E-state index contributed by atoms with van der Waals surface area (Å²) in [4.78, 5) is 28.9. The molecule has 2 unspecified atom stereocenters. The number of Topliss-reactive ketones (excluding diaryl/α,β-unsaturated/α-hetero) is 1. The molecule has 0 spiro atoms. The number of unbranched alkanes of at least 4 members (excludes halogenated alkanes) is 1. The van der Waals surface area contributed by atoms with Gasteiger partial charge < -0.3 is 33.4 Å². The molecule has 2 aliphatic heterocycles. The maximum atomic E-state index is 14.1. The molecule has 0 aromatic heterocycles. The number of nitrogens with zero attached hydrogens (tertiary/aromatic N) is 2. The normalized spacial score (nSPS) is 22.8. The molecule has 1 fully saturated rings. The molecular formula is C28H34ClIN2O2. The third kappa shape index (κ3) is 4.80. The first-order valence-corrected chi connectivity index (χ1v) is 13.0. The van der Waals surface area contributed by atoms with Crippen LogP contribution in [0.3, 0.4) is 0 Å². The molecule has 4 nitrogen and oxygen atoms in total. The van der Waals surface area contributed by atoms with Crippen molar-refractivity contribution in [3.63, 3.8) is 0 Å². The number of rotatable bonds is 6. The van der Waals surface area contributed by atoms with Crippen LogP contribution in [-0.2, 0) is 11.2 Å². The van der Waals surface area contributed by atoms with E-state index < -0.39 is 5.92 Å². The van der Waals surface area contributed by atoms with E-state index in [1.54, 1.807) is 12.1 Å². The molecule has 182 valence electrons. The molecule has 2 aromatic carbocycles. The minimum atomic E-state index is -0.415. The average molecular weight is 593 g/mol. The van der Waals surface area contributed by atoms with Crippen molar-refractivity contribution >= 4 is 23.3 Å². The van der Waals surface area contributed by atoms with E-state index in [1.165, 1.54) is 56.4 Å². The van der Waals surface area contributed by atoms with Gasteiger partial charge in [0.15, 0.2) is 5.78 Å². The monoisotopic (exact) mass is 592 g/mol. The van der Waals surface area contributed by atoms with Crippen LogP contribution >= 0.6 is 11.6 Å². The summed E-state index contributed by atoms with van der Waals surface area (Å²) in [5.74, 6) is -0.265. The summed E-state index contributed by atoms with van der Waals surface area (Å²) >= 11 is 6.26. The van der Waals surface area contributed by atoms with Crippen molar-refractivity contribution in [1.82, 2.24) is 4.90 Å². The molecule has 1 aliphatic carbocycles. The maximum absolute atomic E-state index is 14.1. The standard InChI is InChI=1S/C28H34ClN2O2.HI/c1-2-3-14-31(15-6-7-16-31)19-26-22-9-5-4-8-20(22)12-13-30(26)28(33)25-18-27(32)23-11-10-21(29)17-24(23)25;/h4-5,8-11,17,25-26H,2-3,6-7,12-16,18-19H2,1H3;1H/q+1;/p-1. The Morgan fingerprint density at radius 2 is 1.88 bits per heavy atom. The van der Waals surface area contributed by atoms with Gasteiger partial charge in [0, 0.05) is 36.4 Å². The van der Waals surface area contributed by atoms with Crippen LogP contribution in [0.2, 0.25) is 5.02 Å². The Balaban J connectivity index is 0.00000274. The summed E-state index contributed by atoms with van der Waals surface area (Å²) in [5.41, 5.74) is 4.14. The highest BCUT2D eigenvalue weighted by molar-refractivity contribution is 6.31. The van der Waals surface area contributed by atoms with Crippen molar-refractivity contribution in [3.05, 3.63) is 69.7 Å². The summed E-state index contributed by atoms with van der Waals surface area (Å²) in [6.07, 6.45) is 6.10. The van der Waals surface area contributed by atoms with Gasteiger partial charge in [0.1, 0.15) is 12.6 Å². The van der Waals surface area contributed by atoms with E-state index in [1.807, 2.05) is 6.07 Å². The molecular weight excluding hydrogens is 559 g/mol. The highest BCUT2D eigenvalue weighted by atomic mass is 127. The number of hydrogen-bond donors (Lipinski definition) is 0. The fourth-order valence-corrected chi connectivity index (χ4v) is 6.56. The lowest BCUT2D eigenvalue weighted by atomic mass is 9.89. The summed E-state index contributed by atoms with van der Waals surface area (Å²) in [7, 11) is 0. The maximum Gasteiger partial charge on any atom is 0.231 e. The zero-order chi connectivity index (χ0) is 23.0. The number of quaternary nitrogens is 1. The van der Waals surface area contributed by atoms with Gasteiger partial charge in [0.25, 0.3) is 0 Å². The van der Waals surface area contributed by atoms with Crippen molar-refractivity contribution in [1.29, 1.82) is 0 Å². The van der Waals surface area contributed by atoms with Crippen LogP contribution in [0.4, 0.5) is 0 Å². The van der Waals surface area contributed by atoms with Crippen LogP contribution in [0.25, 0.3) is 0 Å². The number of carbonyl (C=O) groups is 2. The van der Waals surface area contributed by atoms with Gasteiger partial charge in [-0.1, -0.05) is 49.2 Å². The summed E-state index contributed by atoms with van der Waals surface area (Å²) in [6.45, 7) is 7.57. The Kier molecular flexibility index (Phi) is 8.05. The van der Waals surface area contributed by atoms with E-state index in [2.05, 4.69) is 36.1 Å². The number of carbonyl (C=O) groups excluding carboxylic acids is 2. The van der Waals surface area contributed by atoms with E-state index in [4.69, 9.17) is 11.6 Å². The number of ketones is 1. The van der Waals surface area contributed by atoms with Gasteiger partial charge in [-0.05, 0) is 47.7 Å². The van der Waals surface area contributed by atoms with Gasteiger partial charge in [-0.15, -0.1) is 0 Å². The molecule has 5 rings (SSSR count). The van der Waals surface area contributed by atoms with E-state index in [-0.39, 0.29) is 48.1 Å². The largest absolute Gasteiger partial charge is 1.00 e. The Labute approximate surface area is 225 Å². The van der Waals surface area contributed by atoms with Crippen molar-refractivity contribution in [2.75, 3.05) is 32.7 Å². The molecule has 2 aromatic rings. The molecule has 0 N–H and O–H groups in total. The van der Waals surface area contributed by atoms with Crippen molar-refractivity contribution in [3.8, 4) is 0 Å². The Hall–Kier alpha value is -1.44. The molecule has 0 saturated carbocycles. The van der Waals surface area contributed by atoms with Crippen LogP contribution in [0, 0.1) is 0 Å². The van der Waals surface area contributed by atoms with E-state index >= 15 is 0 Å². The molecule has 1 amide bonds. The first-order chi connectivity index (χ1) is 16.0. The Bertz CT molecular complexity index is 1070. The average Bonchev–Trinajstić information content (AvgIpc) is 3.42. The van der Waals surface area contributed by atoms with Crippen molar-refractivity contribution in [2.24, 2.45) is 0 Å². The highest BCUT2D eigenvalue weighted by Gasteiger charge is 2.44. The zero-order valence-corrected chi connectivity index (χ0v) is 22.9. The summed E-state index contributed by atoms with van der Waals surface area (Å²) in [5, 5.41) is 0.586. The zero-order valence-electron chi connectivity index (χ0n) is 19.9. The van der Waals surface area contributed by atoms with Crippen LogP contribution in [0.15, 0.2) is 42.5 Å². The van der Waals surface area contributed by atoms with E-state index in [9.17, 15) is 9.59 Å². The lowest BCUT2D eigenvalue weighted by Crippen LogP contribution is -3.00. The van der Waals surface area contributed by atoms with Gasteiger partial charge >= 0.3 is 0 Å².